The molecule has 0 aromatic carbocycles. The number of rotatable bonds is 3. The molecule has 7 nitrogen and oxygen atoms in total. The smallest absolute Gasteiger partial charge is 0.272 e. The van der Waals surface area contributed by atoms with Crippen LogP contribution in [-0.4, -0.2) is 28.0 Å². The highest BCUT2D eigenvalue weighted by Gasteiger charge is 2.59. The third-order valence-electron chi connectivity index (χ3n) is 4.54. The van der Waals surface area contributed by atoms with Gasteiger partial charge in [-0.2, -0.15) is 10.1 Å². The molecule has 0 spiro atoms. The summed E-state index contributed by atoms with van der Waals surface area (Å²) in [6.07, 6.45) is 6.26. The van der Waals surface area contributed by atoms with Crippen LogP contribution in [0.4, 0.5) is 5.00 Å². The fourth-order valence-corrected chi connectivity index (χ4v) is 4.31. The summed E-state index contributed by atoms with van der Waals surface area (Å²) in [7, 11) is 0. The number of hydrogen-bond acceptors (Lipinski definition) is 6. The lowest BCUT2D eigenvalue weighted by Gasteiger charge is -2.13. The highest BCUT2D eigenvalue weighted by atomic mass is 32.1. The summed E-state index contributed by atoms with van der Waals surface area (Å²) < 4.78 is 0. The number of amides is 2. The van der Waals surface area contributed by atoms with E-state index < -0.39 is 4.92 Å². The number of nitrogens with zero attached hydrogens (tertiary/aromatic N) is 3. The fourth-order valence-electron chi connectivity index (χ4n) is 3.62. The van der Waals surface area contributed by atoms with Gasteiger partial charge in [0.15, 0.2) is 0 Å². The van der Waals surface area contributed by atoms with Crippen molar-refractivity contribution in [3.8, 4) is 0 Å². The Morgan fingerprint density at radius 1 is 1.23 bits per heavy atom. The van der Waals surface area contributed by atoms with Gasteiger partial charge in [0, 0.05) is 6.07 Å². The van der Waals surface area contributed by atoms with Crippen LogP contribution in [0.2, 0.25) is 0 Å². The van der Waals surface area contributed by atoms with Crippen molar-refractivity contribution < 1.29 is 14.5 Å². The van der Waals surface area contributed by atoms with Gasteiger partial charge in [0.1, 0.15) is 0 Å². The number of allylic oxidation sites excluding steroid dienone is 2. The van der Waals surface area contributed by atoms with E-state index in [4.69, 9.17) is 0 Å². The minimum absolute atomic E-state index is 0.000334. The number of carbonyl (C=O) groups excluding carboxylic acids is 2. The first-order valence-electron chi connectivity index (χ1n) is 6.90. The minimum Gasteiger partial charge on any atom is -0.272 e. The largest absolute Gasteiger partial charge is 0.324 e. The van der Waals surface area contributed by atoms with Gasteiger partial charge in [-0.1, -0.05) is 23.5 Å². The summed E-state index contributed by atoms with van der Waals surface area (Å²) in [4.78, 5) is 35.4. The number of carbonyl (C=O) groups is 2. The summed E-state index contributed by atoms with van der Waals surface area (Å²) in [6, 6.07) is 2.92. The van der Waals surface area contributed by atoms with Crippen LogP contribution >= 0.6 is 11.3 Å². The van der Waals surface area contributed by atoms with Crippen LogP contribution in [0.1, 0.15) is 11.3 Å². The Labute approximate surface area is 129 Å². The van der Waals surface area contributed by atoms with Crippen molar-refractivity contribution >= 4 is 34.4 Å². The molecule has 2 bridgehead atoms. The van der Waals surface area contributed by atoms with Gasteiger partial charge in [-0.15, -0.1) is 0 Å². The molecule has 4 rings (SSSR count). The maximum absolute atomic E-state index is 12.4. The SMILES string of the molecule is O=C1[C@@H]2[C@H](C(=O)N1/N=C\c1ccc([N+](=O)[O-])s1)[C@@H]1C=C[C@H]2C1. The molecule has 1 saturated heterocycles. The van der Waals surface area contributed by atoms with Crippen molar-refractivity contribution in [2.45, 2.75) is 6.42 Å². The standard InChI is InChI=1S/C14H11N3O4S/c18-13-11-7-1-2-8(5-7)12(11)14(19)16(13)15-6-9-3-4-10(22-9)17(20)21/h1-4,6-8,11-12H,5H2/b15-6-/t7-,8+,11-,12+. The van der Waals surface area contributed by atoms with Crippen LogP contribution in [0.15, 0.2) is 29.4 Å². The van der Waals surface area contributed by atoms with Crippen molar-refractivity contribution in [1.29, 1.82) is 0 Å². The van der Waals surface area contributed by atoms with E-state index in [1.165, 1.54) is 12.3 Å². The predicted octanol–water partition coefficient (Wildman–Crippen LogP) is 1.80. The van der Waals surface area contributed by atoms with Crippen molar-refractivity contribution in [3.63, 3.8) is 0 Å². The quantitative estimate of drug-likeness (QED) is 0.279. The second kappa shape index (κ2) is 4.57. The Bertz CT molecular complexity index is 723. The van der Waals surface area contributed by atoms with Crippen molar-refractivity contribution in [1.82, 2.24) is 5.01 Å². The number of hydrogen-bond donors (Lipinski definition) is 0. The molecule has 2 amide bonds. The van der Waals surface area contributed by atoms with E-state index in [2.05, 4.69) is 5.10 Å². The highest BCUT2D eigenvalue weighted by molar-refractivity contribution is 7.16. The Hall–Kier alpha value is -2.35. The lowest BCUT2D eigenvalue weighted by molar-refractivity contribution is -0.380. The normalized spacial score (nSPS) is 32.5. The van der Waals surface area contributed by atoms with Gasteiger partial charge in [0.05, 0.1) is 27.9 Å². The molecular weight excluding hydrogens is 306 g/mol. The lowest BCUT2D eigenvalue weighted by atomic mass is 9.85. The van der Waals surface area contributed by atoms with E-state index in [0.717, 1.165) is 22.8 Å². The first kappa shape index (κ1) is 13.3. The zero-order valence-corrected chi connectivity index (χ0v) is 12.1. The molecule has 0 radical (unpaired) electrons. The predicted molar refractivity (Wildman–Crippen MR) is 78.1 cm³/mol. The number of imide groups is 1. The molecular formula is C14H11N3O4S. The molecule has 2 aliphatic carbocycles. The van der Waals surface area contributed by atoms with E-state index in [0.29, 0.717) is 4.88 Å². The zero-order valence-electron chi connectivity index (χ0n) is 11.3. The monoisotopic (exact) mass is 317 g/mol. The van der Waals surface area contributed by atoms with E-state index in [9.17, 15) is 19.7 Å². The Balaban J connectivity index is 1.56. The van der Waals surface area contributed by atoms with Gasteiger partial charge in [-0.05, 0) is 24.3 Å². The van der Waals surface area contributed by atoms with Gasteiger partial charge >= 0.3 is 5.00 Å². The molecule has 112 valence electrons. The Kier molecular flexibility index (Phi) is 2.77. The summed E-state index contributed by atoms with van der Waals surface area (Å²) in [5.41, 5.74) is 0. The van der Waals surface area contributed by atoms with Crippen LogP contribution in [0, 0.1) is 33.8 Å². The number of nitro groups is 1. The molecule has 1 aromatic heterocycles. The molecule has 4 atom stereocenters. The summed E-state index contributed by atoms with van der Waals surface area (Å²) in [6.45, 7) is 0. The third kappa shape index (κ3) is 1.77. The lowest BCUT2D eigenvalue weighted by Crippen LogP contribution is -2.28. The summed E-state index contributed by atoms with van der Waals surface area (Å²) in [5, 5.41) is 15.6. The van der Waals surface area contributed by atoms with Crippen LogP contribution < -0.4 is 0 Å². The molecule has 2 fully saturated rings. The van der Waals surface area contributed by atoms with E-state index in [-0.39, 0.29) is 40.5 Å². The van der Waals surface area contributed by atoms with Crippen LogP contribution in [0.3, 0.4) is 0 Å². The molecule has 0 unspecified atom stereocenters. The highest BCUT2D eigenvalue weighted by Crippen LogP contribution is 2.52. The first-order chi connectivity index (χ1) is 10.6. The average Bonchev–Trinajstić information content (AvgIpc) is 3.23. The fraction of sp³-hybridized carbons (Fsp3) is 0.357. The van der Waals surface area contributed by atoms with E-state index >= 15 is 0 Å². The van der Waals surface area contributed by atoms with Crippen LogP contribution in [-0.2, 0) is 9.59 Å². The Morgan fingerprint density at radius 2 is 1.86 bits per heavy atom. The summed E-state index contributed by atoms with van der Waals surface area (Å²) in [5.74, 6) is -0.776. The molecule has 1 saturated carbocycles. The molecule has 1 aliphatic heterocycles. The zero-order chi connectivity index (χ0) is 15.4. The topological polar surface area (TPSA) is 92.9 Å². The van der Waals surface area contributed by atoms with Crippen molar-refractivity contribution in [2.24, 2.45) is 28.8 Å². The molecule has 0 N–H and O–H groups in total. The number of hydrazone groups is 1. The second-order valence-corrected chi connectivity index (χ2v) is 6.76. The van der Waals surface area contributed by atoms with Crippen LogP contribution in [0.5, 0.6) is 0 Å². The minimum atomic E-state index is -0.484. The molecule has 3 aliphatic rings. The van der Waals surface area contributed by atoms with Gasteiger partial charge in [-0.3, -0.25) is 19.7 Å². The Morgan fingerprint density at radius 3 is 2.41 bits per heavy atom. The molecule has 22 heavy (non-hydrogen) atoms. The van der Waals surface area contributed by atoms with Gasteiger partial charge in [0.25, 0.3) is 11.8 Å². The second-order valence-electron chi connectivity index (χ2n) is 5.67. The maximum Gasteiger partial charge on any atom is 0.324 e. The van der Waals surface area contributed by atoms with E-state index in [1.807, 2.05) is 12.2 Å². The van der Waals surface area contributed by atoms with Gasteiger partial charge in [-0.25, -0.2) is 0 Å². The van der Waals surface area contributed by atoms with Crippen molar-refractivity contribution in [2.75, 3.05) is 0 Å². The maximum atomic E-state index is 12.4. The van der Waals surface area contributed by atoms with Gasteiger partial charge in [0.2, 0.25) is 0 Å². The molecule has 2 heterocycles. The van der Waals surface area contributed by atoms with Crippen molar-refractivity contribution in [3.05, 3.63) is 39.3 Å². The molecule has 8 heteroatoms. The average molecular weight is 317 g/mol. The first-order valence-corrected chi connectivity index (χ1v) is 7.72. The molecule has 1 aromatic rings. The number of thiophene rings is 1. The third-order valence-corrected chi connectivity index (χ3v) is 5.51. The summed E-state index contributed by atoms with van der Waals surface area (Å²) >= 11 is 0.952. The van der Waals surface area contributed by atoms with E-state index in [1.54, 1.807) is 6.07 Å². The van der Waals surface area contributed by atoms with Crippen LogP contribution in [0.25, 0.3) is 0 Å². The van der Waals surface area contributed by atoms with Gasteiger partial charge < -0.3 is 0 Å². The number of fused-ring (bicyclic) bond motifs is 5.